The SMILES string of the molecule is COc1cc(-c2cc(-c3ccccc3)nc3sc(C(=O)c4cccc([N+](=O)[O-])c4)c(N)c23)cc(OC)c1OC. The first kappa shape index (κ1) is 25.7. The largest absolute Gasteiger partial charge is 0.493 e. The zero-order chi connectivity index (χ0) is 27.7. The topological polar surface area (TPSA) is 127 Å². The summed E-state index contributed by atoms with van der Waals surface area (Å²) in [5.74, 6) is 0.938. The van der Waals surface area contributed by atoms with Gasteiger partial charge in [0.2, 0.25) is 11.5 Å². The summed E-state index contributed by atoms with van der Waals surface area (Å²) in [4.78, 5) is 29.9. The number of hydrogen-bond donors (Lipinski definition) is 1. The second-order valence-corrected chi connectivity index (χ2v) is 9.50. The maximum Gasteiger partial charge on any atom is 0.270 e. The van der Waals surface area contributed by atoms with Crippen LogP contribution in [0.4, 0.5) is 11.4 Å². The molecule has 0 fully saturated rings. The number of aromatic nitrogens is 1. The number of nitro groups is 1. The molecule has 0 spiro atoms. The number of anilines is 1. The lowest BCUT2D eigenvalue weighted by atomic mass is 9.98. The molecular weight excluding hydrogens is 518 g/mol. The van der Waals surface area contributed by atoms with E-state index in [0.29, 0.717) is 44.3 Å². The number of benzene rings is 3. The smallest absolute Gasteiger partial charge is 0.270 e. The van der Waals surface area contributed by atoms with Crippen LogP contribution in [0.25, 0.3) is 32.6 Å². The predicted molar refractivity (Wildman–Crippen MR) is 151 cm³/mol. The van der Waals surface area contributed by atoms with Gasteiger partial charge in [-0.15, -0.1) is 11.3 Å². The number of nitrogens with two attached hydrogens (primary N) is 1. The number of rotatable bonds is 8. The van der Waals surface area contributed by atoms with Crippen molar-refractivity contribution in [2.24, 2.45) is 0 Å². The Bertz CT molecular complexity index is 1710. The van der Waals surface area contributed by atoms with Gasteiger partial charge in [-0.3, -0.25) is 14.9 Å². The van der Waals surface area contributed by atoms with Gasteiger partial charge in [0.1, 0.15) is 9.71 Å². The van der Waals surface area contributed by atoms with Crippen molar-refractivity contribution in [3.8, 4) is 39.6 Å². The molecule has 0 bridgehead atoms. The number of nitro benzene ring substituents is 1. The first-order valence-electron chi connectivity index (χ1n) is 11.7. The Morgan fingerprint density at radius 2 is 1.59 bits per heavy atom. The third-order valence-electron chi connectivity index (χ3n) is 6.27. The highest BCUT2D eigenvalue weighted by Crippen LogP contribution is 2.46. The Balaban J connectivity index is 1.78. The number of carbonyl (C=O) groups is 1. The first-order valence-corrected chi connectivity index (χ1v) is 12.6. The minimum absolute atomic E-state index is 0.167. The van der Waals surface area contributed by atoms with Gasteiger partial charge in [0.15, 0.2) is 11.5 Å². The Kier molecular flexibility index (Phi) is 6.86. The van der Waals surface area contributed by atoms with E-state index < -0.39 is 10.7 Å². The Morgan fingerprint density at radius 1 is 0.897 bits per heavy atom. The lowest BCUT2D eigenvalue weighted by Crippen LogP contribution is -2.03. The number of pyridine rings is 1. The molecule has 0 saturated carbocycles. The van der Waals surface area contributed by atoms with E-state index in [1.807, 2.05) is 48.5 Å². The number of hydrogen-bond acceptors (Lipinski definition) is 9. The van der Waals surface area contributed by atoms with Gasteiger partial charge in [-0.1, -0.05) is 42.5 Å². The van der Waals surface area contributed by atoms with Crippen LogP contribution < -0.4 is 19.9 Å². The van der Waals surface area contributed by atoms with Gasteiger partial charge in [-0.05, 0) is 29.3 Å². The van der Waals surface area contributed by atoms with Crippen LogP contribution in [0, 0.1) is 10.1 Å². The number of carbonyl (C=O) groups excluding carboxylic acids is 1. The minimum Gasteiger partial charge on any atom is -0.493 e. The molecule has 2 aromatic heterocycles. The summed E-state index contributed by atoms with van der Waals surface area (Å²) in [7, 11) is 4.60. The highest BCUT2D eigenvalue weighted by molar-refractivity contribution is 7.21. The van der Waals surface area contributed by atoms with Crippen LogP contribution in [0.3, 0.4) is 0 Å². The molecule has 0 aliphatic rings. The molecule has 0 unspecified atom stereocenters. The Hall–Kier alpha value is -4.96. The zero-order valence-electron chi connectivity index (χ0n) is 21.3. The highest BCUT2D eigenvalue weighted by atomic mass is 32.1. The second kappa shape index (κ2) is 10.4. The van der Waals surface area contributed by atoms with Gasteiger partial charge in [-0.2, -0.15) is 0 Å². The molecule has 0 atom stereocenters. The quantitative estimate of drug-likeness (QED) is 0.136. The van der Waals surface area contributed by atoms with E-state index in [9.17, 15) is 14.9 Å². The van der Waals surface area contributed by atoms with Crippen LogP contribution in [0.2, 0.25) is 0 Å². The van der Waals surface area contributed by atoms with Crippen molar-refractivity contribution in [3.05, 3.63) is 93.4 Å². The molecule has 9 nitrogen and oxygen atoms in total. The number of nitrogen functional groups attached to an aromatic ring is 1. The molecule has 0 aliphatic heterocycles. The fourth-order valence-electron chi connectivity index (χ4n) is 4.40. The lowest BCUT2D eigenvalue weighted by Gasteiger charge is -2.15. The summed E-state index contributed by atoms with van der Waals surface area (Å²) in [6.07, 6.45) is 0. The van der Waals surface area contributed by atoms with E-state index in [2.05, 4.69) is 0 Å². The molecule has 39 heavy (non-hydrogen) atoms. The lowest BCUT2D eigenvalue weighted by molar-refractivity contribution is -0.384. The molecule has 5 aromatic rings. The molecular formula is C29H23N3O6S. The molecule has 10 heteroatoms. The van der Waals surface area contributed by atoms with Crippen LogP contribution in [0.5, 0.6) is 17.2 Å². The number of ketones is 1. The van der Waals surface area contributed by atoms with E-state index in [4.69, 9.17) is 24.9 Å². The molecule has 0 radical (unpaired) electrons. The van der Waals surface area contributed by atoms with Crippen molar-refractivity contribution in [2.75, 3.05) is 27.1 Å². The van der Waals surface area contributed by atoms with Gasteiger partial charge in [-0.25, -0.2) is 4.98 Å². The molecule has 0 saturated heterocycles. The van der Waals surface area contributed by atoms with Gasteiger partial charge in [0.05, 0.1) is 37.6 Å². The van der Waals surface area contributed by atoms with Gasteiger partial charge >= 0.3 is 0 Å². The summed E-state index contributed by atoms with van der Waals surface area (Å²) < 4.78 is 16.6. The standard InChI is InChI=1S/C29H23N3O6S/c1-36-22-13-18(14-23(37-2)27(22)38-3)20-15-21(16-8-5-4-6-9-16)31-29-24(20)25(30)28(39-29)26(33)17-10-7-11-19(12-17)32(34)35/h4-15H,30H2,1-3H3. The molecule has 0 aliphatic carbocycles. The van der Waals surface area contributed by atoms with E-state index >= 15 is 0 Å². The van der Waals surface area contributed by atoms with Crippen LogP contribution in [0.15, 0.2) is 72.8 Å². The number of thiophene rings is 1. The van der Waals surface area contributed by atoms with Crippen molar-refractivity contribution >= 4 is 38.7 Å². The van der Waals surface area contributed by atoms with Crippen molar-refractivity contribution in [1.82, 2.24) is 4.98 Å². The Labute approximate surface area is 227 Å². The number of nitrogens with zero attached hydrogens (tertiary/aromatic N) is 2. The summed E-state index contributed by atoms with van der Waals surface area (Å²) in [5, 5.41) is 11.9. The Morgan fingerprint density at radius 3 is 2.21 bits per heavy atom. The number of methoxy groups -OCH3 is 3. The average molecular weight is 542 g/mol. The van der Waals surface area contributed by atoms with E-state index in [1.165, 1.54) is 45.6 Å². The van der Waals surface area contributed by atoms with Crippen LogP contribution >= 0.6 is 11.3 Å². The predicted octanol–water partition coefficient (Wildman–Crippen LogP) is 6.38. The third-order valence-corrected chi connectivity index (χ3v) is 7.37. The zero-order valence-corrected chi connectivity index (χ0v) is 22.1. The summed E-state index contributed by atoms with van der Waals surface area (Å²) >= 11 is 1.14. The van der Waals surface area contributed by atoms with E-state index in [-0.39, 0.29) is 21.8 Å². The summed E-state index contributed by atoms with van der Waals surface area (Å²) in [5.41, 5.74) is 9.85. The van der Waals surface area contributed by atoms with Crippen molar-refractivity contribution in [1.29, 1.82) is 0 Å². The summed E-state index contributed by atoms with van der Waals surface area (Å²) in [6, 6.07) is 20.7. The van der Waals surface area contributed by atoms with Crippen LogP contribution in [-0.4, -0.2) is 37.0 Å². The summed E-state index contributed by atoms with van der Waals surface area (Å²) in [6.45, 7) is 0. The van der Waals surface area contributed by atoms with Crippen molar-refractivity contribution < 1.29 is 23.9 Å². The molecule has 0 amide bonds. The van der Waals surface area contributed by atoms with Gasteiger partial charge in [0.25, 0.3) is 5.69 Å². The fourth-order valence-corrected chi connectivity index (χ4v) is 5.48. The highest BCUT2D eigenvalue weighted by Gasteiger charge is 2.25. The van der Waals surface area contributed by atoms with Gasteiger partial charge in [0, 0.05) is 28.6 Å². The van der Waals surface area contributed by atoms with Crippen molar-refractivity contribution in [3.63, 3.8) is 0 Å². The second-order valence-electron chi connectivity index (χ2n) is 8.50. The third kappa shape index (κ3) is 4.62. The molecule has 196 valence electrons. The number of fused-ring (bicyclic) bond motifs is 1. The number of non-ortho nitro benzene ring substituents is 1. The van der Waals surface area contributed by atoms with Gasteiger partial charge < -0.3 is 19.9 Å². The van der Waals surface area contributed by atoms with Crippen molar-refractivity contribution in [2.45, 2.75) is 0 Å². The average Bonchev–Trinajstić information content (AvgIpc) is 3.31. The molecule has 3 aromatic carbocycles. The minimum atomic E-state index is -0.540. The maximum absolute atomic E-state index is 13.5. The first-order chi connectivity index (χ1) is 18.9. The molecule has 2 N–H and O–H groups in total. The molecule has 2 heterocycles. The monoisotopic (exact) mass is 541 g/mol. The van der Waals surface area contributed by atoms with E-state index in [0.717, 1.165) is 16.9 Å². The van der Waals surface area contributed by atoms with Crippen LogP contribution in [0.1, 0.15) is 15.2 Å². The number of ether oxygens (including phenoxy) is 3. The normalized spacial score (nSPS) is 10.8. The van der Waals surface area contributed by atoms with E-state index in [1.54, 1.807) is 0 Å². The fraction of sp³-hybridized carbons (Fsp3) is 0.103. The van der Waals surface area contributed by atoms with Crippen LogP contribution in [-0.2, 0) is 0 Å². The maximum atomic E-state index is 13.5. The molecule has 5 rings (SSSR count).